The summed E-state index contributed by atoms with van der Waals surface area (Å²) in [5.74, 6) is 0. The van der Waals surface area contributed by atoms with Gasteiger partial charge in [-0.2, -0.15) is 28.8 Å². The average molecular weight is 384 g/mol. The Morgan fingerprint density at radius 1 is 1.26 bits per heavy atom. The van der Waals surface area contributed by atoms with Crippen molar-refractivity contribution in [1.82, 2.24) is 4.31 Å². The van der Waals surface area contributed by atoms with E-state index in [0.29, 0.717) is 15.4 Å². The van der Waals surface area contributed by atoms with Gasteiger partial charge in [0.15, 0.2) is 0 Å². The molecule has 0 radical (unpaired) electrons. The Morgan fingerprint density at radius 2 is 1.96 bits per heavy atom. The van der Waals surface area contributed by atoms with E-state index in [1.807, 2.05) is 0 Å². The van der Waals surface area contributed by atoms with Gasteiger partial charge in [-0.25, -0.2) is 8.42 Å². The second-order valence-electron chi connectivity index (χ2n) is 4.93. The molecule has 0 aliphatic carbocycles. The molecule has 0 atom stereocenters. The van der Waals surface area contributed by atoms with Crippen molar-refractivity contribution in [3.8, 4) is 0 Å². The average Bonchev–Trinajstić information content (AvgIpc) is 2.92. The van der Waals surface area contributed by atoms with Gasteiger partial charge in [0.1, 0.15) is 6.54 Å². The molecule has 0 bridgehead atoms. The maximum absolute atomic E-state index is 12.8. The summed E-state index contributed by atoms with van der Waals surface area (Å²) in [6.07, 6.45) is -4.64. The first kappa shape index (κ1) is 18.3. The molecule has 0 aliphatic rings. The van der Waals surface area contributed by atoms with Crippen molar-refractivity contribution >= 4 is 33.0 Å². The summed E-state index contributed by atoms with van der Waals surface area (Å²) in [7, 11) is -4.33. The lowest BCUT2D eigenvalue weighted by atomic mass is 10.2. The third-order valence-corrected chi connectivity index (χ3v) is 5.96. The first-order valence-corrected chi connectivity index (χ1v) is 9.20. The molecular formula is C14H13ClF3NO2S2. The van der Waals surface area contributed by atoms with Gasteiger partial charge in [0, 0.05) is 11.6 Å². The van der Waals surface area contributed by atoms with Crippen molar-refractivity contribution in [2.45, 2.75) is 24.5 Å². The molecule has 2 aromatic rings. The molecule has 126 valence electrons. The first-order valence-electron chi connectivity index (χ1n) is 6.44. The largest absolute Gasteiger partial charge is 0.402 e. The topological polar surface area (TPSA) is 37.4 Å². The third kappa shape index (κ3) is 4.69. The smallest absolute Gasteiger partial charge is 0.207 e. The van der Waals surface area contributed by atoms with Crippen LogP contribution in [0.2, 0.25) is 5.02 Å². The Labute approximate surface area is 141 Å². The van der Waals surface area contributed by atoms with Gasteiger partial charge in [-0.05, 0) is 47.0 Å². The molecule has 3 nitrogen and oxygen atoms in total. The normalized spacial score (nSPS) is 12.8. The van der Waals surface area contributed by atoms with Crippen LogP contribution in [0.5, 0.6) is 0 Å². The van der Waals surface area contributed by atoms with Gasteiger partial charge >= 0.3 is 6.18 Å². The fourth-order valence-electron chi connectivity index (χ4n) is 2.00. The fraction of sp³-hybridized carbons (Fsp3) is 0.286. The van der Waals surface area contributed by atoms with Crippen LogP contribution in [0.1, 0.15) is 11.1 Å². The number of hydrogen-bond donors (Lipinski definition) is 0. The Hall–Kier alpha value is -1.09. The molecular weight excluding hydrogens is 371 g/mol. The molecule has 9 heteroatoms. The van der Waals surface area contributed by atoms with Gasteiger partial charge in [0.25, 0.3) is 0 Å². The summed E-state index contributed by atoms with van der Waals surface area (Å²) < 4.78 is 64.3. The van der Waals surface area contributed by atoms with E-state index in [1.165, 1.54) is 36.5 Å². The van der Waals surface area contributed by atoms with E-state index in [2.05, 4.69) is 0 Å². The molecule has 0 unspecified atom stereocenters. The minimum Gasteiger partial charge on any atom is -0.207 e. The van der Waals surface area contributed by atoms with Crippen molar-refractivity contribution in [3.63, 3.8) is 0 Å². The number of benzene rings is 1. The Bertz CT molecular complexity index is 774. The van der Waals surface area contributed by atoms with Crippen LogP contribution in [-0.4, -0.2) is 25.4 Å². The molecule has 0 aliphatic heterocycles. The number of hydrogen-bond acceptors (Lipinski definition) is 3. The summed E-state index contributed by atoms with van der Waals surface area (Å²) in [4.78, 5) is -0.218. The Morgan fingerprint density at radius 3 is 2.52 bits per heavy atom. The number of thiophene rings is 1. The highest BCUT2D eigenvalue weighted by atomic mass is 35.5. The highest BCUT2D eigenvalue weighted by Crippen LogP contribution is 2.28. The number of sulfonamides is 1. The second kappa shape index (κ2) is 6.80. The van der Waals surface area contributed by atoms with Crippen LogP contribution in [0.3, 0.4) is 0 Å². The highest BCUT2D eigenvalue weighted by molar-refractivity contribution is 7.89. The Kier molecular flexibility index (Phi) is 5.40. The van der Waals surface area contributed by atoms with Crippen molar-refractivity contribution in [1.29, 1.82) is 0 Å². The lowest BCUT2D eigenvalue weighted by molar-refractivity contribution is -0.136. The maximum atomic E-state index is 12.8. The monoisotopic (exact) mass is 383 g/mol. The number of nitrogens with zero attached hydrogens (tertiary/aromatic N) is 1. The second-order valence-corrected chi connectivity index (χ2v) is 8.05. The SMILES string of the molecule is Cc1ccc(Cl)cc1S(=O)(=O)N(Cc1ccsc1)CC(F)(F)F. The molecule has 23 heavy (non-hydrogen) atoms. The van der Waals surface area contributed by atoms with Crippen molar-refractivity contribution in [2.24, 2.45) is 0 Å². The zero-order valence-electron chi connectivity index (χ0n) is 12.0. The van der Waals surface area contributed by atoms with Gasteiger partial charge < -0.3 is 0 Å². The van der Waals surface area contributed by atoms with Gasteiger partial charge in [0.2, 0.25) is 10.0 Å². The van der Waals surface area contributed by atoms with Crippen LogP contribution in [0.25, 0.3) is 0 Å². The maximum Gasteiger partial charge on any atom is 0.402 e. The van der Waals surface area contributed by atoms with Gasteiger partial charge in [0.05, 0.1) is 4.90 Å². The zero-order valence-corrected chi connectivity index (χ0v) is 14.4. The molecule has 1 aromatic carbocycles. The number of halogens is 4. The molecule has 0 N–H and O–H groups in total. The fourth-order valence-corrected chi connectivity index (χ4v) is 4.56. The summed E-state index contributed by atoms with van der Waals surface area (Å²) in [5.41, 5.74) is 0.842. The first-order chi connectivity index (χ1) is 10.6. The third-order valence-electron chi connectivity index (χ3n) is 3.06. The Balaban J connectivity index is 2.45. The van der Waals surface area contributed by atoms with Crippen molar-refractivity contribution in [3.05, 3.63) is 51.2 Å². The lowest BCUT2D eigenvalue weighted by Crippen LogP contribution is -2.38. The minimum atomic E-state index is -4.64. The van der Waals surface area contributed by atoms with Crippen LogP contribution < -0.4 is 0 Å². The van der Waals surface area contributed by atoms with E-state index in [0.717, 1.165) is 0 Å². The molecule has 2 rings (SSSR count). The lowest BCUT2D eigenvalue weighted by Gasteiger charge is -2.24. The summed E-state index contributed by atoms with van der Waals surface area (Å²) in [5, 5.41) is 3.44. The van der Waals surface area contributed by atoms with Crippen LogP contribution in [0.15, 0.2) is 39.9 Å². The van der Waals surface area contributed by atoms with Crippen LogP contribution in [0.4, 0.5) is 13.2 Å². The summed E-state index contributed by atoms with van der Waals surface area (Å²) in [6, 6.07) is 5.71. The van der Waals surface area contributed by atoms with Gasteiger partial charge in [-0.1, -0.05) is 17.7 Å². The zero-order chi connectivity index (χ0) is 17.3. The van der Waals surface area contributed by atoms with E-state index in [4.69, 9.17) is 11.6 Å². The van der Waals surface area contributed by atoms with E-state index < -0.39 is 22.7 Å². The van der Waals surface area contributed by atoms with Gasteiger partial charge in [-0.3, -0.25) is 0 Å². The van der Waals surface area contributed by atoms with E-state index in [1.54, 1.807) is 16.8 Å². The standard InChI is InChI=1S/C14H13ClF3NO2S2/c1-10-2-3-12(15)6-13(10)23(20,21)19(9-14(16,17)18)7-11-4-5-22-8-11/h2-6,8H,7,9H2,1H3. The van der Waals surface area contributed by atoms with Crippen molar-refractivity contribution in [2.75, 3.05) is 6.54 Å². The number of rotatable bonds is 5. The van der Waals surface area contributed by atoms with E-state index >= 15 is 0 Å². The molecule has 0 spiro atoms. The number of aryl methyl sites for hydroxylation is 1. The van der Waals surface area contributed by atoms with Crippen LogP contribution >= 0.6 is 22.9 Å². The molecule has 0 saturated carbocycles. The van der Waals surface area contributed by atoms with E-state index in [-0.39, 0.29) is 16.5 Å². The summed E-state index contributed by atoms with van der Waals surface area (Å²) in [6.45, 7) is -0.395. The predicted molar refractivity (Wildman–Crippen MR) is 84.2 cm³/mol. The van der Waals surface area contributed by atoms with Crippen LogP contribution in [-0.2, 0) is 16.6 Å². The molecule has 1 aromatic heterocycles. The van der Waals surface area contributed by atoms with Crippen LogP contribution in [0, 0.1) is 6.92 Å². The summed E-state index contributed by atoms with van der Waals surface area (Å²) >= 11 is 7.09. The number of alkyl halides is 3. The minimum absolute atomic E-state index is 0.150. The van der Waals surface area contributed by atoms with Gasteiger partial charge in [-0.15, -0.1) is 0 Å². The molecule has 1 heterocycles. The molecule has 0 fully saturated rings. The van der Waals surface area contributed by atoms with Crippen molar-refractivity contribution < 1.29 is 21.6 Å². The predicted octanol–water partition coefficient (Wildman–Crippen LogP) is 4.46. The highest BCUT2D eigenvalue weighted by Gasteiger charge is 2.37. The quantitative estimate of drug-likeness (QED) is 0.764. The van der Waals surface area contributed by atoms with E-state index in [9.17, 15) is 21.6 Å². The molecule has 0 amide bonds. The molecule has 0 saturated heterocycles.